The van der Waals surface area contributed by atoms with E-state index in [9.17, 15) is 9.59 Å². The summed E-state index contributed by atoms with van der Waals surface area (Å²) in [6, 6.07) is 23.0. The first-order valence-electron chi connectivity index (χ1n) is 12.9. The summed E-state index contributed by atoms with van der Waals surface area (Å²) in [6.45, 7) is 8.27. The third-order valence-electron chi connectivity index (χ3n) is 6.63. The van der Waals surface area contributed by atoms with Crippen LogP contribution in [0, 0.1) is 6.92 Å². The number of hydrogen-bond acceptors (Lipinski definition) is 3. The molecule has 0 heterocycles. The number of amides is 2. The molecule has 3 aromatic rings. The first kappa shape index (κ1) is 28.5. The lowest BCUT2D eigenvalue weighted by atomic mass is 10.0. The highest BCUT2D eigenvalue weighted by molar-refractivity contribution is 9.10. The average Bonchev–Trinajstić information content (AvgIpc) is 2.91. The monoisotopic (exact) mass is 564 g/mol. The van der Waals surface area contributed by atoms with Crippen LogP contribution in [0.4, 0.5) is 0 Å². The molecule has 0 saturated heterocycles. The number of nitrogens with one attached hydrogen (secondary N) is 1. The molecule has 0 spiro atoms. The Kier molecular flexibility index (Phi) is 10.8. The van der Waals surface area contributed by atoms with E-state index in [1.807, 2.05) is 93.6 Å². The van der Waals surface area contributed by atoms with Gasteiger partial charge in [0.1, 0.15) is 11.8 Å². The maximum atomic E-state index is 13.8. The molecule has 1 N–H and O–H groups in total. The van der Waals surface area contributed by atoms with Gasteiger partial charge in [-0.05, 0) is 77.0 Å². The predicted molar refractivity (Wildman–Crippen MR) is 153 cm³/mol. The molecule has 3 aromatic carbocycles. The summed E-state index contributed by atoms with van der Waals surface area (Å²) < 4.78 is 6.77. The Labute approximate surface area is 229 Å². The molecule has 0 aliphatic carbocycles. The van der Waals surface area contributed by atoms with Crippen LogP contribution in [0.15, 0.2) is 77.3 Å². The summed E-state index contributed by atoms with van der Waals surface area (Å²) in [6.07, 6.45) is 2.13. The molecule has 0 aliphatic heterocycles. The van der Waals surface area contributed by atoms with Gasteiger partial charge in [0, 0.05) is 19.0 Å². The van der Waals surface area contributed by atoms with Crippen molar-refractivity contribution >= 4 is 27.7 Å². The van der Waals surface area contributed by atoms with E-state index in [0.717, 1.165) is 34.0 Å². The second-order valence-corrected chi connectivity index (χ2v) is 10.2. The number of ether oxygens (including phenoxy) is 1. The van der Waals surface area contributed by atoms with Gasteiger partial charge < -0.3 is 15.0 Å². The van der Waals surface area contributed by atoms with Crippen molar-refractivity contribution in [3.63, 3.8) is 0 Å². The third kappa shape index (κ3) is 8.19. The normalized spacial score (nSPS) is 12.5. The van der Waals surface area contributed by atoms with Gasteiger partial charge >= 0.3 is 0 Å². The quantitative estimate of drug-likeness (QED) is 0.282. The van der Waals surface area contributed by atoms with E-state index in [1.54, 1.807) is 4.90 Å². The molecule has 5 nitrogen and oxygen atoms in total. The number of nitrogens with zero attached hydrogens (tertiary/aromatic N) is 1. The number of hydrogen-bond donors (Lipinski definition) is 1. The first-order chi connectivity index (χ1) is 17.8. The van der Waals surface area contributed by atoms with Crippen LogP contribution in [0.2, 0.25) is 0 Å². The van der Waals surface area contributed by atoms with Crippen LogP contribution >= 0.6 is 15.9 Å². The van der Waals surface area contributed by atoms with E-state index < -0.39 is 6.04 Å². The van der Waals surface area contributed by atoms with Crippen molar-refractivity contribution in [1.29, 1.82) is 0 Å². The minimum absolute atomic E-state index is 0.00507. The predicted octanol–water partition coefficient (Wildman–Crippen LogP) is 6.25. The Bertz CT molecular complexity index is 1180. The molecular formula is C31H37BrN2O3. The molecule has 2 amide bonds. The number of aryl methyl sites for hydroxylation is 2. The molecule has 0 aliphatic rings. The molecule has 0 radical (unpaired) electrons. The van der Waals surface area contributed by atoms with Crippen LogP contribution in [0.3, 0.4) is 0 Å². The van der Waals surface area contributed by atoms with Gasteiger partial charge in [0.25, 0.3) is 5.91 Å². The van der Waals surface area contributed by atoms with Crippen molar-refractivity contribution in [2.45, 2.75) is 65.6 Å². The topological polar surface area (TPSA) is 58.6 Å². The summed E-state index contributed by atoms with van der Waals surface area (Å²) >= 11 is 3.56. The molecule has 0 fully saturated rings. The van der Waals surface area contributed by atoms with E-state index >= 15 is 0 Å². The Balaban J connectivity index is 1.93. The van der Waals surface area contributed by atoms with E-state index in [4.69, 9.17) is 4.74 Å². The van der Waals surface area contributed by atoms with E-state index in [-0.39, 0.29) is 24.5 Å². The minimum atomic E-state index is -0.682. The molecule has 2 atom stereocenters. The molecule has 0 aromatic heterocycles. The second kappa shape index (κ2) is 14.0. The second-order valence-electron chi connectivity index (χ2n) is 9.38. The van der Waals surface area contributed by atoms with Gasteiger partial charge in [-0.1, -0.05) is 74.5 Å². The highest BCUT2D eigenvalue weighted by atomic mass is 79.9. The smallest absolute Gasteiger partial charge is 0.261 e. The fourth-order valence-electron chi connectivity index (χ4n) is 4.07. The highest BCUT2D eigenvalue weighted by Crippen LogP contribution is 2.26. The van der Waals surface area contributed by atoms with E-state index in [2.05, 4.69) is 28.2 Å². The van der Waals surface area contributed by atoms with Gasteiger partial charge in [-0.15, -0.1) is 0 Å². The molecule has 37 heavy (non-hydrogen) atoms. The van der Waals surface area contributed by atoms with Crippen molar-refractivity contribution in [2.24, 2.45) is 0 Å². The maximum absolute atomic E-state index is 13.8. The van der Waals surface area contributed by atoms with Gasteiger partial charge in [0.05, 0.1) is 4.47 Å². The van der Waals surface area contributed by atoms with Gasteiger partial charge in [-0.25, -0.2) is 0 Å². The minimum Gasteiger partial charge on any atom is -0.483 e. The zero-order chi connectivity index (χ0) is 26.8. The Morgan fingerprint density at radius 3 is 2.32 bits per heavy atom. The van der Waals surface area contributed by atoms with Gasteiger partial charge in [0.15, 0.2) is 6.61 Å². The fraction of sp³-hybridized carbons (Fsp3) is 0.355. The van der Waals surface area contributed by atoms with Crippen molar-refractivity contribution in [2.75, 3.05) is 6.61 Å². The zero-order valence-electron chi connectivity index (χ0n) is 22.2. The summed E-state index contributed by atoms with van der Waals surface area (Å²) in [5.41, 5.74) is 4.24. The number of rotatable bonds is 12. The van der Waals surface area contributed by atoms with Crippen molar-refractivity contribution in [3.05, 3.63) is 99.5 Å². The Hall–Kier alpha value is -3.12. The lowest BCUT2D eigenvalue weighted by Gasteiger charge is -2.32. The third-order valence-corrected chi connectivity index (χ3v) is 7.25. The van der Waals surface area contributed by atoms with Crippen molar-refractivity contribution in [3.8, 4) is 5.75 Å². The van der Waals surface area contributed by atoms with Crippen molar-refractivity contribution < 1.29 is 14.3 Å². The summed E-state index contributed by atoms with van der Waals surface area (Å²) in [5, 5.41) is 3.10. The highest BCUT2D eigenvalue weighted by Gasteiger charge is 2.31. The number of halogens is 1. The molecular weight excluding hydrogens is 528 g/mol. The standard InChI is InChI=1S/C31H37BrN2O3/c1-5-23(4)33-31(36)28(19-25-13-8-7-9-14-25)34(20-26-15-11-10-12-22(26)3)30(35)21-37-29-17-16-24(6-2)18-27(29)32/h7-18,23,28H,5-6,19-21H2,1-4H3,(H,33,36)/t23-,28+/m0/s1. The average molecular weight is 566 g/mol. The lowest BCUT2D eigenvalue weighted by molar-refractivity contribution is -0.143. The summed E-state index contributed by atoms with van der Waals surface area (Å²) in [5.74, 6) is 0.202. The fourth-order valence-corrected chi connectivity index (χ4v) is 4.61. The van der Waals surface area contributed by atoms with Gasteiger partial charge in [-0.2, -0.15) is 0 Å². The first-order valence-corrected chi connectivity index (χ1v) is 13.7. The number of carbonyl (C=O) groups excluding carboxylic acids is 2. The molecule has 6 heteroatoms. The molecule has 0 bridgehead atoms. The van der Waals surface area contributed by atoms with Crippen LogP contribution < -0.4 is 10.1 Å². The SMILES string of the molecule is CCc1ccc(OCC(=O)N(Cc2ccccc2C)[C@H](Cc2ccccc2)C(=O)N[C@@H](C)CC)c(Br)c1. The van der Waals surface area contributed by atoms with E-state index in [1.165, 1.54) is 5.56 Å². The van der Waals surface area contributed by atoms with Crippen LogP contribution in [-0.2, 0) is 29.0 Å². The van der Waals surface area contributed by atoms with Crippen LogP contribution in [0.5, 0.6) is 5.75 Å². The maximum Gasteiger partial charge on any atom is 0.261 e. The van der Waals surface area contributed by atoms with Gasteiger partial charge in [-0.3, -0.25) is 9.59 Å². The van der Waals surface area contributed by atoms with E-state index in [0.29, 0.717) is 18.7 Å². The molecule has 196 valence electrons. The Morgan fingerprint density at radius 1 is 0.973 bits per heavy atom. The summed E-state index contributed by atoms with van der Waals surface area (Å²) in [4.78, 5) is 29.0. The van der Waals surface area contributed by atoms with Gasteiger partial charge in [0.2, 0.25) is 5.91 Å². The lowest BCUT2D eigenvalue weighted by Crippen LogP contribution is -2.53. The van der Waals surface area contributed by atoms with Crippen molar-refractivity contribution in [1.82, 2.24) is 10.2 Å². The molecule has 0 unspecified atom stereocenters. The Morgan fingerprint density at radius 2 is 1.68 bits per heavy atom. The zero-order valence-corrected chi connectivity index (χ0v) is 23.8. The van der Waals surface area contributed by atoms with Crippen LogP contribution in [0.25, 0.3) is 0 Å². The van der Waals surface area contributed by atoms with Crippen LogP contribution in [-0.4, -0.2) is 35.4 Å². The van der Waals surface area contributed by atoms with Crippen LogP contribution in [0.1, 0.15) is 49.4 Å². The molecule has 0 saturated carbocycles. The largest absolute Gasteiger partial charge is 0.483 e. The summed E-state index contributed by atoms with van der Waals surface area (Å²) in [7, 11) is 0. The number of carbonyl (C=O) groups is 2. The molecule has 3 rings (SSSR count). The number of benzene rings is 3.